The van der Waals surface area contributed by atoms with E-state index < -0.39 is 0 Å². The van der Waals surface area contributed by atoms with Crippen molar-refractivity contribution in [3.63, 3.8) is 0 Å². The summed E-state index contributed by atoms with van der Waals surface area (Å²) in [6.45, 7) is 6.38. The highest BCUT2D eigenvalue weighted by atomic mass is 16.2. The van der Waals surface area contributed by atoms with E-state index in [1.54, 1.807) is 48.5 Å². The van der Waals surface area contributed by atoms with Gasteiger partial charge in [0.2, 0.25) is 0 Å². The van der Waals surface area contributed by atoms with Crippen molar-refractivity contribution >= 4 is 17.5 Å². The van der Waals surface area contributed by atoms with E-state index >= 15 is 0 Å². The minimum Gasteiger partial charge on any atom is -0.336 e. The summed E-state index contributed by atoms with van der Waals surface area (Å²) in [5.74, 6) is -0.250. The molecule has 27 heavy (non-hydrogen) atoms. The Morgan fingerprint density at radius 1 is 0.963 bits per heavy atom. The normalized spacial score (nSPS) is 14.4. The quantitative estimate of drug-likeness (QED) is 0.907. The van der Waals surface area contributed by atoms with Gasteiger partial charge in [-0.1, -0.05) is 6.92 Å². The lowest BCUT2D eigenvalue weighted by atomic mass is 10.1. The zero-order valence-electron chi connectivity index (χ0n) is 15.3. The Bertz CT molecular complexity index is 845. The summed E-state index contributed by atoms with van der Waals surface area (Å²) in [6, 6.07) is 15.4. The summed E-state index contributed by atoms with van der Waals surface area (Å²) in [5, 5.41) is 11.6. The molecule has 0 unspecified atom stereocenters. The molecule has 2 aromatic rings. The van der Waals surface area contributed by atoms with Crippen molar-refractivity contribution in [1.82, 2.24) is 9.80 Å². The molecule has 138 valence electrons. The number of benzene rings is 2. The van der Waals surface area contributed by atoms with Crippen LogP contribution in [0.5, 0.6) is 0 Å². The van der Waals surface area contributed by atoms with Crippen LogP contribution in [0.2, 0.25) is 0 Å². The molecule has 0 saturated carbocycles. The maximum atomic E-state index is 12.6. The van der Waals surface area contributed by atoms with Gasteiger partial charge in [0.15, 0.2) is 0 Å². The van der Waals surface area contributed by atoms with Gasteiger partial charge in [-0.25, -0.2) is 0 Å². The zero-order chi connectivity index (χ0) is 19.2. The fourth-order valence-corrected chi connectivity index (χ4v) is 3.05. The van der Waals surface area contributed by atoms with Crippen LogP contribution in [0.1, 0.15) is 33.2 Å². The number of carbonyl (C=O) groups excluding carboxylic acids is 2. The third-order valence-corrected chi connectivity index (χ3v) is 4.77. The number of nitriles is 1. The minimum atomic E-state index is -0.254. The third-order valence-electron chi connectivity index (χ3n) is 4.77. The molecule has 1 saturated heterocycles. The Kier molecular flexibility index (Phi) is 5.84. The minimum absolute atomic E-state index is 0.00445. The largest absolute Gasteiger partial charge is 0.336 e. The molecule has 0 spiro atoms. The fourth-order valence-electron chi connectivity index (χ4n) is 3.05. The molecule has 0 aromatic heterocycles. The van der Waals surface area contributed by atoms with Crippen molar-refractivity contribution in [3.05, 3.63) is 65.2 Å². The molecule has 6 nitrogen and oxygen atoms in total. The van der Waals surface area contributed by atoms with Crippen LogP contribution in [0.4, 0.5) is 5.69 Å². The first kappa shape index (κ1) is 18.6. The number of likely N-dealkylation sites (N-methyl/N-ethyl adjacent to an activating group) is 1. The van der Waals surface area contributed by atoms with Gasteiger partial charge in [-0.15, -0.1) is 0 Å². The SMILES string of the molecule is CCN1CCN(C(=O)c2ccc(C(=O)Nc3ccc(C#N)cc3)cc2)CC1. The molecule has 1 heterocycles. The smallest absolute Gasteiger partial charge is 0.255 e. The molecular formula is C21H22N4O2. The molecule has 0 bridgehead atoms. The van der Waals surface area contributed by atoms with E-state index in [0.29, 0.717) is 22.4 Å². The lowest BCUT2D eigenvalue weighted by Gasteiger charge is -2.34. The lowest BCUT2D eigenvalue weighted by Crippen LogP contribution is -2.48. The predicted octanol–water partition coefficient (Wildman–Crippen LogP) is 2.59. The number of nitrogens with zero attached hydrogens (tertiary/aromatic N) is 3. The summed E-state index contributed by atoms with van der Waals surface area (Å²) < 4.78 is 0. The number of hydrogen-bond acceptors (Lipinski definition) is 4. The van der Waals surface area contributed by atoms with Gasteiger partial charge >= 0.3 is 0 Å². The van der Waals surface area contributed by atoms with Crippen LogP contribution in [-0.4, -0.2) is 54.3 Å². The number of anilines is 1. The topological polar surface area (TPSA) is 76.4 Å². The monoisotopic (exact) mass is 362 g/mol. The van der Waals surface area contributed by atoms with Gasteiger partial charge in [-0.3, -0.25) is 9.59 Å². The standard InChI is InChI=1S/C21H22N4O2/c1-2-24-11-13-25(14-12-24)21(27)18-7-5-17(6-8-18)20(26)23-19-9-3-16(15-22)4-10-19/h3-10H,2,11-14H2,1H3,(H,23,26). The van der Waals surface area contributed by atoms with Crippen molar-refractivity contribution in [2.45, 2.75) is 6.92 Å². The van der Waals surface area contributed by atoms with Crippen LogP contribution < -0.4 is 5.32 Å². The van der Waals surface area contributed by atoms with Crippen LogP contribution in [0.25, 0.3) is 0 Å². The van der Waals surface area contributed by atoms with Crippen LogP contribution in [0, 0.1) is 11.3 Å². The molecule has 0 radical (unpaired) electrons. The highest BCUT2D eigenvalue weighted by Crippen LogP contribution is 2.13. The summed E-state index contributed by atoms with van der Waals surface area (Å²) in [5.41, 5.74) is 2.23. The second-order valence-electron chi connectivity index (χ2n) is 6.45. The van der Waals surface area contributed by atoms with Gasteiger partial charge in [0, 0.05) is 43.0 Å². The van der Waals surface area contributed by atoms with Crippen LogP contribution in [0.15, 0.2) is 48.5 Å². The number of rotatable bonds is 4. The first-order valence-corrected chi connectivity index (χ1v) is 9.04. The maximum absolute atomic E-state index is 12.6. The van der Waals surface area contributed by atoms with Gasteiger partial charge in [0.1, 0.15) is 0 Å². The average molecular weight is 362 g/mol. The number of carbonyl (C=O) groups is 2. The van der Waals surface area contributed by atoms with Crippen LogP contribution in [-0.2, 0) is 0 Å². The molecule has 0 aliphatic carbocycles. The average Bonchev–Trinajstić information content (AvgIpc) is 2.74. The Morgan fingerprint density at radius 2 is 1.56 bits per heavy atom. The number of amides is 2. The molecule has 0 atom stereocenters. The zero-order valence-corrected chi connectivity index (χ0v) is 15.3. The van der Waals surface area contributed by atoms with Gasteiger partial charge in [-0.2, -0.15) is 5.26 Å². The van der Waals surface area contributed by atoms with Gasteiger partial charge in [0.25, 0.3) is 11.8 Å². The molecule has 1 N–H and O–H groups in total. The number of hydrogen-bond donors (Lipinski definition) is 1. The Labute approximate surface area is 159 Å². The lowest BCUT2D eigenvalue weighted by molar-refractivity contribution is 0.0643. The molecule has 1 aliphatic rings. The van der Waals surface area contributed by atoms with Gasteiger partial charge in [-0.05, 0) is 55.1 Å². The van der Waals surface area contributed by atoms with Crippen molar-refractivity contribution in [2.75, 3.05) is 38.0 Å². The molecule has 3 rings (SSSR count). The molecule has 1 aliphatic heterocycles. The Balaban J connectivity index is 1.61. The maximum Gasteiger partial charge on any atom is 0.255 e. The van der Waals surface area contributed by atoms with Crippen molar-refractivity contribution in [2.24, 2.45) is 0 Å². The molecular weight excluding hydrogens is 340 g/mol. The van der Waals surface area contributed by atoms with E-state index in [9.17, 15) is 9.59 Å². The first-order chi connectivity index (χ1) is 13.1. The van der Waals surface area contributed by atoms with Crippen molar-refractivity contribution in [1.29, 1.82) is 5.26 Å². The third kappa shape index (κ3) is 4.52. The molecule has 2 amide bonds. The number of nitrogens with one attached hydrogen (secondary N) is 1. The fraction of sp³-hybridized carbons (Fsp3) is 0.286. The van der Waals surface area contributed by atoms with Crippen LogP contribution in [0.3, 0.4) is 0 Å². The summed E-state index contributed by atoms with van der Waals surface area (Å²) in [7, 11) is 0. The van der Waals surface area contributed by atoms with Gasteiger partial charge in [0.05, 0.1) is 11.6 Å². The summed E-state index contributed by atoms with van der Waals surface area (Å²) in [6.07, 6.45) is 0. The first-order valence-electron chi connectivity index (χ1n) is 9.04. The van der Waals surface area contributed by atoms with Crippen molar-refractivity contribution in [3.8, 4) is 6.07 Å². The molecule has 1 fully saturated rings. The van der Waals surface area contributed by atoms with E-state index in [4.69, 9.17) is 5.26 Å². The highest BCUT2D eigenvalue weighted by Gasteiger charge is 2.21. The van der Waals surface area contributed by atoms with E-state index in [1.807, 2.05) is 11.0 Å². The van der Waals surface area contributed by atoms with Crippen molar-refractivity contribution < 1.29 is 9.59 Å². The highest BCUT2D eigenvalue weighted by molar-refractivity contribution is 6.05. The van der Waals surface area contributed by atoms with Crippen LogP contribution >= 0.6 is 0 Å². The van der Waals surface area contributed by atoms with Gasteiger partial charge < -0.3 is 15.1 Å². The summed E-state index contributed by atoms with van der Waals surface area (Å²) >= 11 is 0. The van der Waals surface area contributed by atoms with E-state index in [1.165, 1.54) is 0 Å². The number of piperazine rings is 1. The molecule has 6 heteroatoms. The van der Waals surface area contributed by atoms with E-state index in [0.717, 1.165) is 32.7 Å². The predicted molar refractivity (Wildman–Crippen MR) is 104 cm³/mol. The second-order valence-corrected chi connectivity index (χ2v) is 6.45. The Morgan fingerprint density at radius 3 is 2.11 bits per heavy atom. The summed E-state index contributed by atoms with van der Waals surface area (Å²) in [4.78, 5) is 29.1. The second kappa shape index (κ2) is 8.47. The Hall–Kier alpha value is -3.17. The van der Waals surface area contributed by atoms with E-state index in [2.05, 4.69) is 17.1 Å². The van der Waals surface area contributed by atoms with E-state index in [-0.39, 0.29) is 11.8 Å². The molecule has 2 aromatic carbocycles.